The van der Waals surface area contributed by atoms with Crippen molar-refractivity contribution in [2.75, 3.05) is 4.90 Å². The molecule has 1 aliphatic heterocycles. The van der Waals surface area contributed by atoms with Crippen LogP contribution in [0.1, 0.15) is 62.8 Å². The van der Waals surface area contributed by atoms with Crippen molar-refractivity contribution in [1.29, 1.82) is 0 Å². The van der Waals surface area contributed by atoms with Crippen LogP contribution in [0.15, 0.2) is 36.0 Å². The zero-order valence-corrected chi connectivity index (χ0v) is 18.5. The van der Waals surface area contributed by atoms with Crippen LogP contribution in [0.5, 0.6) is 11.5 Å². The first-order valence-corrected chi connectivity index (χ1v) is 10.5. The molecule has 6 heteroatoms. The number of fused-ring (bicyclic) bond motifs is 1. The molecule has 0 bridgehead atoms. The maximum atomic E-state index is 13.2. The molecule has 0 aromatic heterocycles. The largest absolute Gasteiger partial charge is 0.508 e. The Morgan fingerprint density at radius 1 is 0.968 bits per heavy atom. The molecule has 0 saturated carbocycles. The van der Waals surface area contributed by atoms with Gasteiger partial charge in [-0.2, -0.15) is 0 Å². The van der Waals surface area contributed by atoms with Gasteiger partial charge in [0.2, 0.25) is 0 Å². The molecule has 0 spiro atoms. The Morgan fingerprint density at radius 2 is 1.58 bits per heavy atom. The summed E-state index contributed by atoms with van der Waals surface area (Å²) < 4.78 is 0. The summed E-state index contributed by atoms with van der Waals surface area (Å²) in [6.45, 7) is 10.8. The van der Waals surface area contributed by atoms with E-state index in [1.54, 1.807) is 0 Å². The minimum Gasteiger partial charge on any atom is -0.508 e. The number of benzene rings is 2. The highest BCUT2D eigenvalue weighted by Crippen LogP contribution is 2.48. The standard InChI is InChI=1S/C25H28N2O4/c1-14-10-17-18(25(4,5)9-8-24(17,2)3)13-20(14)27-22(30)19(26-23(27)31)11-15-6-7-16(28)12-21(15)29/h6-7,10-13,28-29H,8-9H2,1-5H3,(H,26,31). The van der Waals surface area contributed by atoms with Gasteiger partial charge in [0.1, 0.15) is 17.2 Å². The third kappa shape index (κ3) is 3.46. The molecular formula is C25H28N2O4. The SMILES string of the molecule is Cc1cc2c(cc1N1C(=O)NC(=Cc3ccc(O)cc3O)C1=O)C(C)(C)CCC2(C)C. The second-order valence-corrected chi connectivity index (χ2v) is 9.82. The van der Waals surface area contributed by atoms with Crippen LogP contribution in [0.25, 0.3) is 6.08 Å². The van der Waals surface area contributed by atoms with Crippen LogP contribution in [-0.2, 0) is 15.6 Å². The van der Waals surface area contributed by atoms with Crippen LogP contribution in [0.2, 0.25) is 0 Å². The molecule has 1 heterocycles. The van der Waals surface area contributed by atoms with Gasteiger partial charge in [0.05, 0.1) is 5.69 Å². The molecule has 1 fully saturated rings. The number of carbonyl (C=O) groups is 2. The average molecular weight is 421 g/mol. The fourth-order valence-electron chi connectivity index (χ4n) is 4.52. The molecule has 0 radical (unpaired) electrons. The fourth-order valence-corrected chi connectivity index (χ4v) is 4.52. The Hall–Kier alpha value is -3.28. The normalized spacial score (nSPS) is 20.7. The summed E-state index contributed by atoms with van der Waals surface area (Å²) in [7, 11) is 0. The predicted octanol–water partition coefficient (Wildman–Crippen LogP) is 4.85. The number of aromatic hydroxyl groups is 2. The first-order chi connectivity index (χ1) is 14.4. The number of phenols is 2. The number of hydrogen-bond acceptors (Lipinski definition) is 4. The summed E-state index contributed by atoms with van der Waals surface area (Å²) in [5, 5.41) is 22.1. The van der Waals surface area contributed by atoms with E-state index in [1.807, 2.05) is 13.0 Å². The van der Waals surface area contributed by atoms with E-state index >= 15 is 0 Å². The number of hydrogen-bond donors (Lipinski definition) is 3. The number of nitrogens with zero attached hydrogens (tertiary/aromatic N) is 1. The lowest BCUT2D eigenvalue weighted by Crippen LogP contribution is -2.36. The van der Waals surface area contributed by atoms with Crippen LogP contribution in [0.3, 0.4) is 0 Å². The van der Waals surface area contributed by atoms with Gasteiger partial charge in [-0.15, -0.1) is 0 Å². The van der Waals surface area contributed by atoms with E-state index in [0.29, 0.717) is 11.3 Å². The van der Waals surface area contributed by atoms with Crippen molar-refractivity contribution in [2.24, 2.45) is 0 Å². The predicted molar refractivity (Wildman–Crippen MR) is 120 cm³/mol. The summed E-state index contributed by atoms with van der Waals surface area (Å²) in [6.07, 6.45) is 3.52. The van der Waals surface area contributed by atoms with Crippen LogP contribution >= 0.6 is 0 Å². The minimum atomic E-state index is -0.523. The van der Waals surface area contributed by atoms with Crippen molar-refractivity contribution >= 4 is 23.7 Å². The quantitative estimate of drug-likeness (QED) is 0.478. The summed E-state index contributed by atoms with van der Waals surface area (Å²) in [5.74, 6) is -0.742. The van der Waals surface area contributed by atoms with Crippen molar-refractivity contribution < 1.29 is 19.8 Å². The Labute approximate surface area is 182 Å². The van der Waals surface area contributed by atoms with E-state index in [4.69, 9.17) is 0 Å². The van der Waals surface area contributed by atoms with E-state index in [-0.39, 0.29) is 28.0 Å². The first kappa shape index (κ1) is 21.0. The van der Waals surface area contributed by atoms with Crippen molar-refractivity contribution in [2.45, 2.75) is 58.3 Å². The summed E-state index contributed by atoms with van der Waals surface area (Å²) >= 11 is 0. The third-order valence-electron chi connectivity index (χ3n) is 6.60. The Balaban J connectivity index is 1.78. The molecule has 1 aliphatic carbocycles. The van der Waals surface area contributed by atoms with Gasteiger partial charge in [-0.1, -0.05) is 33.8 Å². The van der Waals surface area contributed by atoms with Gasteiger partial charge < -0.3 is 15.5 Å². The molecule has 0 unspecified atom stereocenters. The van der Waals surface area contributed by atoms with Gasteiger partial charge in [0, 0.05) is 11.6 Å². The number of urea groups is 1. The lowest BCUT2D eigenvalue weighted by atomic mass is 9.63. The Morgan fingerprint density at radius 3 is 2.19 bits per heavy atom. The van der Waals surface area contributed by atoms with E-state index in [9.17, 15) is 19.8 Å². The second kappa shape index (κ2) is 6.87. The highest BCUT2D eigenvalue weighted by Gasteiger charge is 2.40. The van der Waals surface area contributed by atoms with Gasteiger partial charge in [0.15, 0.2) is 0 Å². The molecule has 0 atom stereocenters. The molecule has 162 valence electrons. The zero-order chi connectivity index (χ0) is 22.7. The number of imide groups is 1. The van der Waals surface area contributed by atoms with Gasteiger partial charge in [-0.25, -0.2) is 9.69 Å². The molecule has 6 nitrogen and oxygen atoms in total. The van der Waals surface area contributed by atoms with E-state index in [0.717, 1.165) is 23.3 Å². The monoisotopic (exact) mass is 420 g/mol. The van der Waals surface area contributed by atoms with Crippen molar-refractivity contribution in [1.82, 2.24) is 5.32 Å². The van der Waals surface area contributed by atoms with Gasteiger partial charge in [0.25, 0.3) is 5.91 Å². The van der Waals surface area contributed by atoms with Gasteiger partial charge in [-0.3, -0.25) is 4.79 Å². The maximum absolute atomic E-state index is 13.2. The third-order valence-corrected chi connectivity index (χ3v) is 6.60. The van der Waals surface area contributed by atoms with Gasteiger partial charge in [-0.05, 0) is 71.6 Å². The van der Waals surface area contributed by atoms with E-state index in [1.165, 1.54) is 35.4 Å². The molecule has 31 heavy (non-hydrogen) atoms. The molecule has 3 N–H and O–H groups in total. The minimum absolute atomic E-state index is 0.0346. The lowest BCUT2D eigenvalue weighted by molar-refractivity contribution is -0.113. The second-order valence-electron chi connectivity index (χ2n) is 9.82. The van der Waals surface area contributed by atoms with Crippen LogP contribution < -0.4 is 10.2 Å². The van der Waals surface area contributed by atoms with Crippen LogP contribution in [0.4, 0.5) is 10.5 Å². The zero-order valence-electron chi connectivity index (χ0n) is 18.5. The topological polar surface area (TPSA) is 89.9 Å². The van der Waals surface area contributed by atoms with Crippen molar-refractivity contribution in [3.05, 3.63) is 58.3 Å². The van der Waals surface area contributed by atoms with Crippen molar-refractivity contribution in [3.8, 4) is 11.5 Å². The molecule has 4 rings (SSSR count). The summed E-state index contributed by atoms with van der Waals surface area (Å²) in [5.41, 5.74) is 4.25. The van der Waals surface area contributed by atoms with Crippen LogP contribution in [0, 0.1) is 6.92 Å². The first-order valence-electron chi connectivity index (χ1n) is 10.5. The highest BCUT2D eigenvalue weighted by molar-refractivity contribution is 6.28. The molecule has 2 aromatic rings. The molecule has 3 amide bonds. The number of rotatable bonds is 2. The maximum Gasteiger partial charge on any atom is 0.333 e. The smallest absolute Gasteiger partial charge is 0.333 e. The molecule has 2 aliphatic rings. The fraction of sp³-hybridized carbons (Fsp3) is 0.360. The number of anilines is 1. The number of nitrogens with one attached hydrogen (secondary N) is 1. The summed E-state index contributed by atoms with van der Waals surface area (Å²) in [4.78, 5) is 27.1. The molecule has 2 aromatic carbocycles. The number of carbonyl (C=O) groups excluding carboxylic acids is 2. The van der Waals surface area contributed by atoms with Crippen molar-refractivity contribution in [3.63, 3.8) is 0 Å². The molecular weight excluding hydrogens is 392 g/mol. The Bertz CT molecular complexity index is 1140. The Kier molecular flexibility index (Phi) is 4.65. The van der Waals surface area contributed by atoms with Crippen LogP contribution in [-0.4, -0.2) is 22.2 Å². The molecule has 1 saturated heterocycles. The lowest BCUT2D eigenvalue weighted by Gasteiger charge is -2.42. The van der Waals surface area contributed by atoms with E-state index < -0.39 is 11.9 Å². The number of phenolic OH excluding ortho intramolecular Hbond substituents is 2. The van der Waals surface area contributed by atoms with E-state index in [2.05, 4.69) is 39.1 Å². The van der Waals surface area contributed by atoms with Gasteiger partial charge >= 0.3 is 6.03 Å². The number of amides is 3. The summed E-state index contributed by atoms with van der Waals surface area (Å²) in [6, 6.07) is 7.65. The number of aryl methyl sites for hydroxylation is 1. The highest BCUT2D eigenvalue weighted by atomic mass is 16.3. The average Bonchev–Trinajstić information content (AvgIpc) is 2.95.